The summed E-state index contributed by atoms with van der Waals surface area (Å²) in [6.07, 6.45) is 9.37. The summed E-state index contributed by atoms with van der Waals surface area (Å²) in [5.74, 6) is 1.78. The maximum atomic E-state index is 3.74. The molecule has 1 aromatic carbocycles. The zero-order valence-electron chi connectivity index (χ0n) is 14.2. The number of hydrogen-bond donors (Lipinski definition) is 1. The van der Waals surface area contributed by atoms with Crippen LogP contribution in [0.15, 0.2) is 24.3 Å². The molecule has 1 nitrogen and oxygen atoms in total. The van der Waals surface area contributed by atoms with Crippen molar-refractivity contribution in [2.45, 2.75) is 71.8 Å². The molecule has 1 aliphatic carbocycles. The molecular weight excluding hydrogens is 254 g/mol. The molecule has 0 aliphatic heterocycles. The topological polar surface area (TPSA) is 12.0 Å². The maximum Gasteiger partial charge on any atom is 0.00985 e. The fourth-order valence-corrected chi connectivity index (χ4v) is 4.00. The summed E-state index contributed by atoms with van der Waals surface area (Å²) < 4.78 is 0. The number of nitrogens with one attached hydrogen (secondary N) is 1. The summed E-state index contributed by atoms with van der Waals surface area (Å²) in [6, 6.07) is 10.1. The molecule has 3 atom stereocenters. The van der Waals surface area contributed by atoms with Crippen molar-refractivity contribution in [2.24, 2.45) is 11.8 Å². The van der Waals surface area contributed by atoms with Gasteiger partial charge in [0.15, 0.2) is 0 Å². The van der Waals surface area contributed by atoms with E-state index in [1.165, 1.54) is 49.7 Å². The molecule has 0 saturated heterocycles. The van der Waals surface area contributed by atoms with Crippen LogP contribution < -0.4 is 5.32 Å². The van der Waals surface area contributed by atoms with Gasteiger partial charge < -0.3 is 5.32 Å². The van der Waals surface area contributed by atoms with Gasteiger partial charge in [-0.15, -0.1) is 0 Å². The van der Waals surface area contributed by atoms with Gasteiger partial charge in [0.2, 0.25) is 0 Å². The van der Waals surface area contributed by atoms with Crippen molar-refractivity contribution in [1.29, 1.82) is 0 Å². The molecule has 0 aromatic heterocycles. The summed E-state index contributed by atoms with van der Waals surface area (Å²) >= 11 is 0. The smallest absolute Gasteiger partial charge is 0.00985 e. The molecule has 1 saturated carbocycles. The number of hydrogen-bond acceptors (Lipinski definition) is 1. The second kappa shape index (κ2) is 8.58. The second-order valence-corrected chi connectivity index (χ2v) is 6.77. The van der Waals surface area contributed by atoms with Crippen molar-refractivity contribution in [3.63, 3.8) is 0 Å². The molecule has 0 bridgehead atoms. The summed E-state index contributed by atoms with van der Waals surface area (Å²) in [5.41, 5.74) is 2.98. The minimum atomic E-state index is 0.731. The second-order valence-electron chi connectivity index (χ2n) is 6.77. The highest BCUT2D eigenvalue weighted by molar-refractivity contribution is 5.23. The van der Waals surface area contributed by atoms with Crippen LogP contribution >= 0.6 is 0 Å². The van der Waals surface area contributed by atoms with E-state index in [-0.39, 0.29) is 0 Å². The van der Waals surface area contributed by atoms with E-state index in [0.29, 0.717) is 0 Å². The minimum absolute atomic E-state index is 0.731. The standard InChI is InChI=1S/C20H33N/c1-4-7-17-12-13-20(21-6-3)19(14-17)15-18-10-8-16(5-2)9-11-18/h8-11,17,19-21H,4-7,12-15H2,1-3H3. The average molecular weight is 287 g/mol. The summed E-state index contributed by atoms with van der Waals surface area (Å²) in [4.78, 5) is 0. The SMILES string of the molecule is CCCC1CCC(NCC)C(Cc2ccc(CC)cc2)C1. The third kappa shape index (κ3) is 4.85. The van der Waals surface area contributed by atoms with Gasteiger partial charge in [-0.1, -0.05) is 57.9 Å². The maximum absolute atomic E-state index is 3.74. The van der Waals surface area contributed by atoms with Gasteiger partial charge in [-0.05, 0) is 61.6 Å². The van der Waals surface area contributed by atoms with E-state index in [0.717, 1.165) is 30.8 Å². The first-order valence-corrected chi connectivity index (χ1v) is 9.07. The van der Waals surface area contributed by atoms with Crippen LogP contribution in [-0.4, -0.2) is 12.6 Å². The van der Waals surface area contributed by atoms with Gasteiger partial charge in [0.25, 0.3) is 0 Å². The number of benzene rings is 1. The normalized spacial score (nSPS) is 26.0. The first kappa shape index (κ1) is 16.5. The van der Waals surface area contributed by atoms with Crippen molar-refractivity contribution >= 4 is 0 Å². The van der Waals surface area contributed by atoms with Gasteiger partial charge in [0, 0.05) is 6.04 Å². The molecule has 1 heteroatoms. The Morgan fingerprint density at radius 2 is 1.71 bits per heavy atom. The van der Waals surface area contributed by atoms with Gasteiger partial charge in [-0.25, -0.2) is 0 Å². The Morgan fingerprint density at radius 3 is 2.33 bits per heavy atom. The van der Waals surface area contributed by atoms with Crippen LogP contribution in [-0.2, 0) is 12.8 Å². The zero-order valence-corrected chi connectivity index (χ0v) is 14.2. The average Bonchev–Trinajstić information content (AvgIpc) is 2.51. The molecule has 0 radical (unpaired) electrons. The number of rotatable bonds is 7. The lowest BCUT2D eigenvalue weighted by Gasteiger charge is -2.37. The Hall–Kier alpha value is -0.820. The molecular formula is C20H33N. The quantitative estimate of drug-likeness (QED) is 0.745. The largest absolute Gasteiger partial charge is 0.314 e. The lowest BCUT2D eigenvalue weighted by atomic mass is 9.74. The fraction of sp³-hybridized carbons (Fsp3) is 0.700. The number of aryl methyl sites for hydroxylation is 1. The predicted octanol–water partition coefficient (Wildman–Crippen LogP) is 4.99. The molecule has 118 valence electrons. The van der Waals surface area contributed by atoms with E-state index in [1.54, 1.807) is 0 Å². The molecule has 0 heterocycles. The Labute approximate surface area is 131 Å². The summed E-state index contributed by atoms with van der Waals surface area (Å²) in [6.45, 7) is 7.90. The van der Waals surface area contributed by atoms with Gasteiger partial charge >= 0.3 is 0 Å². The van der Waals surface area contributed by atoms with Crippen LogP contribution in [0.3, 0.4) is 0 Å². The highest BCUT2D eigenvalue weighted by atomic mass is 14.9. The monoisotopic (exact) mass is 287 g/mol. The van der Waals surface area contributed by atoms with E-state index >= 15 is 0 Å². The predicted molar refractivity (Wildman–Crippen MR) is 92.7 cm³/mol. The molecule has 2 rings (SSSR count). The molecule has 3 unspecified atom stereocenters. The van der Waals surface area contributed by atoms with Crippen LogP contribution in [0.4, 0.5) is 0 Å². The Balaban J connectivity index is 2.00. The van der Waals surface area contributed by atoms with Crippen LogP contribution in [0.1, 0.15) is 64.0 Å². The minimum Gasteiger partial charge on any atom is -0.314 e. The van der Waals surface area contributed by atoms with E-state index in [1.807, 2.05) is 0 Å². The Kier molecular flexibility index (Phi) is 6.76. The fourth-order valence-electron chi connectivity index (χ4n) is 4.00. The van der Waals surface area contributed by atoms with Gasteiger partial charge in [-0.3, -0.25) is 0 Å². The Morgan fingerprint density at radius 1 is 1.00 bits per heavy atom. The summed E-state index contributed by atoms with van der Waals surface area (Å²) in [5, 5.41) is 3.74. The van der Waals surface area contributed by atoms with E-state index < -0.39 is 0 Å². The Bertz CT molecular complexity index is 395. The molecule has 21 heavy (non-hydrogen) atoms. The molecule has 1 fully saturated rings. The third-order valence-corrected chi connectivity index (χ3v) is 5.18. The zero-order chi connectivity index (χ0) is 15.1. The van der Waals surface area contributed by atoms with Crippen molar-refractivity contribution in [3.8, 4) is 0 Å². The van der Waals surface area contributed by atoms with Crippen LogP contribution in [0, 0.1) is 11.8 Å². The van der Waals surface area contributed by atoms with Crippen LogP contribution in [0.25, 0.3) is 0 Å². The van der Waals surface area contributed by atoms with Crippen LogP contribution in [0.2, 0.25) is 0 Å². The first-order valence-electron chi connectivity index (χ1n) is 9.07. The third-order valence-electron chi connectivity index (χ3n) is 5.18. The molecule has 0 spiro atoms. The van der Waals surface area contributed by atoms with E-state index in [4.69, 9.17) is 0 Å². The van der Waals surface area contributed by atoms with E-state index in [2.05, 4.69) is 50.4 Å². The van der Waals surface area contributed by atoms with E-state index in [9.17, 15) is 0 Å². The molecule has 1 N–H and O–H groups in total. The lowest BCUT2D eigenvalue weighted by molar-refractivity contribution is 0.195. The highest BCUT2D eigenvalue weighted by Gasteiger charge is 2.29. The van der Waals surface area contributed by atoms with Crippen molar-refractivity contribution in [2.75, 3.05) is 6.54 Å². The molecule has 1 aliphatic rings. The molecule has 0 amide bonds. The van der Waals surface area contributed by atoms with Crippen molar-refractivity contribution < 1.29 is 0 Å². The van der Waals surface area contributed by atoms with Crippen molar-refractivity contribution in [1.82, 2.24) is 5.32 Å². The van der Waals surface area contributed by atoms with Gasteiger partial charge in [0.05, 0.1) is 0 Å². The highest BCUT2D eigenvalue weighted by Crippen LogP contribution is 2.34. The first-order chi connectivity index (χ1) is 10.3. The van der Waals surface area contributed by atoms with Crippen LogP contribution in [0.5, 0.6) is 0 Å². The van der Waals surface area contributed by atoms with Gasteiger partial charge in [0.1, 0.15) is 0 Å². The van der Waals surface area contributed by atoms with Crippen molar-refractivity contribution in [3.05, 3.63) is 35.4 Å². The van der Waals surface area contributed by atoms with Gasteiger partial charge in [-0.2, -0.15) is 0 Å². The molecule has 1 aromatic rings. The summed E-state index contributed by atoms with van der Waals surface area (Å²) in [7, 11) is 0. The lowest BCUT2D eigenvalue weighted by Crippen LogP contribution is -2.41.